The summed E-state index contributed by atoms with van der Waals surface area (Å²) in [5, 5.41) is 8.30. The molecule has 0 aromatic rings. The van der Waals surface area contributed by atoms with Gasteiger partial charge in [0.25, 0.3) is 0 Å². The number of hydrogen-bond acceptors (Lipinski definition) is 3. The quantitative estimate of drug-likeness (QED) is 0.497. The minimum atomic E-state index is -1.03. The van der Waals surface area contributed by atoms with Gasteiger partial charge in [-0.05, 0) is 0 Å². The van der Waals surface area contributed by atoms with Crippen LogP contribution in [0.5, 0.6) is 0 Å². The number of carboxylic acid groups (broad SMARTS) is 1. The van der Waals surface area contributed by atoms with Crippen LogP contribution >= 0.6 is 0 Å². The third kappa shape index (κ3) is 1.25. The molecule has 0 aromatic carbocycles. The highest BCUT2D eigenvalue weighted by molar-refractivity contribution is 5.85. The van der Waals surface area contributed by atoms with E-state index < -0.39 is 6.09 Å². The van der Waals surface area contributed by atoms with E-state index >= 15 is 0 Å². The average molecular weight is 127 g/mol. The van der Waals surface area contributed by atoms with Crippen molar-refractivity contribution in [1.82, 2.24) is 4.90 Å². The largest absolute Gasteiger partial charge is 0.465 e. The van der Waals surface area contributed by atoms with Gasteiger partial charge in [-0.25, -0.2) is 14.7 Å². The van der Waals surface area contributed by atoms with E-state index in [0.29, 0.717) is 0 Å². The van der Waals surface area contributed by atoms with E-state index in [0.717, 1.165) is 4.90 Å². The van der Waals surface area contributed by atoms with Crippen molar-refractivity contribution >= 4 is 18.8 Å². The third-order valence-electron chi connectivity index (χ3n) is 0.834. The average Bonchev–Trinajstić information content (AvgIpc) is 1.90. The number of aliphatic imine (C=N–C) groups is 2. The summed E-state index contributed by atoms with van der Waals surface area (Å²) in [5.41, 5.74) is 0. The normalized spacial score (nSPS) is 16.2. The van der Waals surface area contributed by atoms with Crippen LogP contribution in [0.3, 0.4) is 0 Å². The number of carbonyl (C=O) groups is 1. The van der Waals surface area contributed by atoms with Crippen LogP contribution in [-0.4, -0.2) is 35.4 Å². The van der Waals surface area contributed by atoms with Gasteiger partial charge in [0.2, 0.25) is 0 Å². The summed E-state index contributed by atoms with van der Waals surface area (Å²) >= 11 is 0. The monoisotopic (exact) mass is 127 g/mol. The van der Waals surface area contributed by atoms with E-state index in [1.807, 2.05) is 0 Å². The van der Waals surface area contributed by atoms with Gasteiger partial charge in [-0.3, -0.25) is 4.99 Å². The lowest BCUT2D eigenvalue weighted by Gasteiger charge is -2.10. The second-order valence-corrected chi connectivity index (χ2v) is 1.46. The van der Waals surface area contributed by atoms with Crippen LogP contribution in [-0.2, 0) is 0 Å². The zero-order chi connectivity index (χ0) is 6.69. The van der Waals surface area contributed by atoms with Crippen molar-refractivity contribution < 1.29 is 9.90 Å². The maximum atomic E-state index is 10.1. The molecule has 0 aliphatic carbocycles. The van der Waals surface area contributed by atoms with Crippen molar-refractivity contribution in [1.29, 1.82) is 0 Å². The predicted molar refractivity (Wildman–Crippen MR) is 31.7 cm³/mol. The van der Waals surface area contributed by atoms with E-state index in [1.54, 1.807) is 0 Å². The molecule has 0 saturated heterocycles. The van der Waals surface area contributed by atoms with E-state index in [1.165, 1.54) is 12.7 Å². The molecule has 5 nitrogen and oxygen atoms in total. The Balaban J connectivity index is 2.56. The van der Waals surface area contributed by atoms with E-state index in [2.05, 4.69) is 9.98 Å². The minimum Gasteiger partial charge on any atom is -0.465 e. The number of nitrogens with zero attached hydrogens (tertiary/aromatic N) is 3. The Labute approximate surface area is 51.3 Å². The van der Waals surface area contributed by atoms with Crippen LogP contribution in [0.2, 0.25) is 0 Å². The van der Waals surface area contributed by atoms with Gasteiger partial charge in [0, 0.05) is 0 Å². The molecule has 0 atom stereocenters. The lowest BCUT2D eigenvalue weighted by molar-refractivity contribution is 0.171. The van der Waals surface area contributed by atoms with Crippen molar-refractivity contribution in [2.24, 2.45) is 9.98 Å². The molecule has 9 heavy (non-hydrogen) atoms. The molecular weight excluding hydrogens is 122 g/mol. The van der Waals surface area contributed by atoms with Crippen LogP contribution < -0.4 is 0 Å². The molecule has 48 valence electrons. The first kappa shape index (κ1) is 5.74. The summed E-state index contributed by atoms with van der Waals surface area (Å²) in [5.74, 6) is 0. The first-order valence-electron chi connectivity index (χ1n) is 2.32. The zero-order valence-corrected chi connectivity index (χ0v) is 4.56. The summed E-state index contributed by atoms with van der Waals surface area (Å²) in [7, 11) is 0. The Kier molecular flexibility index (Phi) is 1.44. The summed E-state index contributed by atoms with van der Waals surface area (Å²) in [6.45, 7) is 0.152. The molecule has 5 heteroatoms. The molecule has 0 aromatic heterocycles. The molecule has 1 heterocycles. The highest BCUT2D eigenvalue weighted by atomic mass is 16.4. The number of rotatable bonds is 0. The standard InChI is InChI=1S/C4H5N3O2/c8-4(9)7-2-5-1-6-3-7/h1-2H,3H2,(H,8,9). The molecule has 0 bridgehead atoms. The molecule has 1 aliphatic heterocycles. The van der Waals surface area contributed by atoms with Gasteiger partial charge in [0.1, 0.15) is 19.3 Å². The maximum Gasteiger partial charge on any atom is 0.414 e. The van der Waals surface area contributed by atoms with Crippen LogP contribution in [0.15, 0.2) is 9.98 Å². The molecule has 1 aliphatic rings. The van der Waals surface area contributed by atoms with E-state index in [-0.39, 0.29) is 6.67 Å². The highest BCUT2D eigenvalue weighted by Crippen LogP contribution is 1.88. The summed E-state index contributed by atoms with van der Waals surface area (Å²) < 4.78 is 0. The molecule has 1 amide bonds. The van der Waals surface area contributed by atoms with Crippen LogP contribution in [0, 0.1) is 0 Å². The van der Waals surface area contributed by atoms with Gasteiger partial charge in [0.05, 0.1) is 0 Å². The highest BCUT2D eigenvalue weighted by Gasteiger charge is 2.07. The molecule has 0 fully saturated rings. The van der Waals surface area contributed by atoms with Crippen molar-refractivity contribution in [2.75, 3.05) is 6.67 Å². The Morgan fingerprint density at radius 3 is 2.89 bits per heavy atom. The van der Waals surface area contributed by atoms with Crippen LogP contribution in [0.25, 0.3) is 0 Å². The molecular formula is C4H5N3O2. The predicted octanol–water partition coefficient (Wildman–Crippen LogP) is -0.00590. The topological polar surface area (TPSA) is 65.3 Å². The van der Waals surface area contributed by atoms with Gasteiger partial charge in [0.15, 0.2) is 0 Å². The van der Waals surface area contributed by atoms with Gasteiger partial charge in [-0.15, -0.1) is 0 Å². The Morgan fingerprint density at radius 2 is 2.56 bits per heavy atom. The molecule has 1 rings (SSSR count). The smallest absolute Gasteiger partial charge is 0.414 e. The van der Waals surface area contributed by atoms with Gasteiger partial charge < -0.3 is 5.11 Å². The van der Waals surface area contributed by atoms with E-state index in [4.69, 9.17) is 5.11 Å². The Hall–Kier alpha value is -1.39. The fraction of sp³-hybridized carbons (Fsp3) is 0.250. The van der Waals surface area contributed by atoms with Gasteiger partial charge in [-0.1, -0.05) is 0 Å². The number of amides is 1. The van der Waals surface area contributed by atoms with E-state index in [9.17, 15) is 4.79 Å². The Bertz CT molecular complexity index is 175. The van der Waals surface area contributed by atoms with Crippen LogP contribution in [0.4, 0.5) is 4.79 Å². The summed E-state index contributed by atoms with van der Waals surface area (Å²) in [4.78, 5) is 18.2. The second-order valence-electron chi connectivity index (χ2n) is 1.46. The zero-order valence-electron chi connectivity index (χ0n) is 4.56. The fourth-order valence-electron chi connectivity index (χ4n) is 0.428. The molecule has 0 saturated carbocycles. The van der Waals surface area contributed by atoms with Crippen molar-refractivity contribution in [2.45, 2.75) is 0 Å². The first-order chi connectivity index (χ1) is 4.30. The fourth-order valence-corrected chi connectivity index (χ4v) is 0.428. The second kappa shape index (κ2) is 2.25. The van der Waals surface area contributed by atoms with Crippen molar-refractivity contribution in [3.63, 3.8) is 0 Å². The maximum absolute atomic E-state index is 10.1. The third-order valence-corrected chi connectivity index (χ3v) is 0.834. The lowest BCUT2D eigenvalue weighted by atomic mass is 10.8. The molecule has 0 spiro atoms. The summed E-state index contributed by atoms with van der Waals surface area (Å²) in [6, 6.07) is 0. The van der Waals surface area contributed by atoms with Crippen LogP contribution in [0.1, 0.15) is 0 Å². The molecule has 1 N–H and O–H groups in total. The van der Waals surface area contributed by atoms with Crippen molar-refractivity contribution in [3.05, 3.63) is 0 Å². The SMILES string of the molecule is O=C(O)N1C=NC=NC1. The summed E-state index contributed by atoms with van der Waals surface area (Å²) in [6.07, 6.45) is 1.50. The lowest BCUT2D eigenvalue weighted by Crippen LogP contribution is -2.29. The molecule has 0 radical (unpaired) electrons. The minimum absolute atomic E-state index is 0.152. The van der Waals surface area contributed by atoms with Crippen molar-refractivity contribution in [3.8, 4) is 0 Å². The Morgan fingerprint density at radius 1 is 1.78 bits per heavy atom. The van der Waals surface area contributed by atoms with Gasteiger partial charge >= 0.3 is 6.09 Å². The number of hydrogen-bond donors (Lipinski definition) is 1. The van der Waals surface area contributed by atoms with Gasteiger partial charge in [-0.2, -0.15) is 0 Å². The molecule has 0 unspecified atom stereocenters. The first-order valence-corrected chi connectivity index (χ1v) is 2.32.